The van der Waals surface area contributed by atoms with Crippen molar-refractivity contribution in [3.8, 4) is 0 Å². The summed E-state index contributed by atoms with van der Waals surface area (Å²) in [6.45, 7) is 0. The summed E-state index contributed by atoms with van der Waals surface area (Å²) in [5.74, 6) is 0. The lowest BCUT2D eigenvalue weighted by molar-refractivity contribution is 0.253. The van der Waals surface area contributed by atoms with Crippen LogP contribution in [-0.2, 0) is 15.6 Å². The molecule has 0 unspecified atom stereocenters. The highest BCUT2D eigenvalue weighted by molar-refractivity contribution is 7.92. The molecule has 0 heterocycles. The Balaban J connectivity index is 2.17. The van der Waals surface area contributed by atoms with Gasteiger partial charge in [0.05, 0.1) is 6.26 Å². The van der Waals surface area contributed by atoms with Crippen LogP contribution >= 0.6 is 0 Å². The smallest absolute Gasteiger partial charge is 0.229 e. The van der Waals surface area contributed by atoms with Gasteiger partial charge >= 0.3 is 0 Å². The maximum atomic E-state index is 11.0. The zero-order chi connectivity index (χ0) is 11.8. The number of hydrogen-bond donors (Lipinski definition) is 2. The molecule has 0 bridgehead atoms. The van der Waals surface area contributed by atoms with Crippen molar-refractivity contribution in [3.05, 3.63) is 29.8 Å². The minimum atomic E-state index is -3.20. The first kappa shape index (κ1) is 11.4. The van der Waals surface area contributed by atoms with Crippen LogP contribution in [0.4, 0.5) is 5.69 Å². The van der Waals surface area contributed by atoms with Crippen molar-refractivity contribution in [2.24, 2.45) is 5.73 Å². The van der Waals surface area contributed by atoms with Gasteiger partial charge in [-0.15, -0.1) is 0 Å². The zero-order valence-corrected chi connectivity index (χ0v) is 10.0. The highest BCUT2D eigenvalue weighted by Gasteiger charge is 2.33. The van der Waals surface area contributed by atoms with E-state index in [0.717, 1.165) is 24.7 Å². The first-order valence-corrected chi connectivity index (χ1v) is 7.15. The van der Waals surface area contributed by atoms with Gasteiger partial charge < -0.3 is 5.73 Å². The number of rotatable bonds is 3. The van der Waals surface area contributed by atoms with E-state index in [1.165, 1.54) is 6.42 Å². The third kappa shape index (κ3) is 2.36. The van der Waals surface area contributed by atoms with Gasteiger partial charge in [-0.25, -0.2) is 8.42 Å². The Morgan fingerprint density at radius 1 is 1.25 bits per heavy atom. The Hall–Kier alpha value is -1.07. The average molecular weight is 240 g/mol. The van der Waals surface area contributed by atoms with E-state index in [0.29, 0.717) is 5.69 Å². The fraction of sp³-hybridized carbons (Fsp3) is 0.455. The van der Waals surface area contributed by atoms with Crippen molar-refractivity contribution in [3.63, 3.8) is 0 Å². The highest BCUT2D eigenvalue weighted by Crippen LogP contribution is 2.38. The van der Waals surface area contributed by atoms with Crippen LogP contribution in [0.2, 0.25) is 0 Å². The van der Waals surface area contributed by atoms with E-state index < -0.39 is 10.0 Å². The average Bonchev–Trinajstić information content (AvgIpc) is 2.13. The predicted molar refractivity (Wildman–Crippen MR) is 64.6 cm³/mol. The fourth-order valence-electron chi connectivity index (χ4n) is 1.93. The lowest BCUT2D eigenvalue weighted by Crippen LogP contribution is -2.43. The zero-order valence-electron chi connectivity index (χ0n) is 9.23. The summed E-state index contributed by atoms with van der Waals surface area (Å²) in [5.41, 5.74) is 7.63. The van der Waals surface area contributed by atoms with Gasteiger partial charge in [0.2, 0.25) is 10.0 Å². The van der Waals surface area contributed by atoms with Gasteiger partial charge in [0.1, 0.15) is 0 Å². The second-order valence-corrected chi connectivity index (χ2v) is 6.21. The standard InChI is InChI=1S/C11H16N2O2S/c1-16(14,15)13-10-5-3-9(4-6-10)11(12)7-2-8-11/h3-6,13H,2,7-8,12H2,1H3. The van der Waals surface area contributed by atoms with Crippen LogP contribution in [0.15, 0.2) is 24.3 Å². The summed E-state index contributed by atoms with van der Waals surface area (Å²) < 4.78 is 24.5. The lowest BCUT2D eigenvalue weighted by Gasteiger charge is -2.38. The van der Waals surface area contributed by atoms with E-state index in [2.05, 4.69) is 4.72 Å². The quantitative estimate of drug-likeness (QED) is 0.838. The van der Waals surface area contributed by atoms with E-state index in [4.69, 9.17) is 5.73 Å². The van der Waals surface area contributed by atoms with Gasteiger partial charge in [0, 0.05) is 11.2 Å². The second-order valence-electron chi connectivity index (χ2n) is 4.46. The highest BCUT2D eigenvalue weighted by atomic mass is 32.2. The van der Waals surface area contributed by atoms with Crippen LogP contribution in [-0.4, -0.2) is 14.7 Å². The Kier molecular flexibility index (Phi) is 2.67. The molecule has 0 radical (unpaired) electrons. The number of nitrogens with two attached hydrogens (primary N) is 1. The van der Waals surface area contributed by atoms with Gasteiger partial charge in [-0.2, -0.15) is 0 Å². The van der Waals surface area contributed by atoms with Crippen molar-refractivity contribution in [1.29, 1.82) is 0 Å². The fourth-order valence-corrected chi connectivity index (χ4v) is 2.49. The van der Waals surface area contributed by atoms with Crippen LogP contribution in [0.1, 0.15) is 24.8 Å². The van der Waals surface area contributed by atoms with Crippen molar-refractivity contribution < 1.29 is 8.42 Å². The maximum Gasteiger partial charge on any atom is 0.229 e. The van der Waals surface area contributed by atoms with Gasteiger partial charge in [-0.3, -0.25) is 4.72 Å². The number of anilines is 1. The molecule has 0 aromatic heterocycles. The summed E-state index contributed by atoms with van der Waals surface area (Å²) in [6, 6.07) is 7.30. The van der Waals surface area contributed by atoms with Crippen molar-refractivity contribution in [1.82, 2.24) is 0 Å². The lowest BCUT2D eigenvalue weighted by atomic mass is 9.73. The van der Waals surface area contributed by atoms with Gasteiger partial charge in [0.25, 0.3) is 0 Å². The molecule has 1 saturated carbocycles. The van der Waals surface area contributed by atoms with Crippen LogP contribution in [0.5, 0.6) is 0 Å². The van der Waals surface area contributed by atoms with Gasteiger partial charge in [-0.1, -0.05) is 12.1 Å². The van der Waals surface area contributed by atoms with E-state index in [1.54, 1.807) is 12.1 Å². The molecule has 4 nitrogen and oxygen atoms in total. The molecule has 16 heavy (non-hydrogen) atoms. The molecule has 0 saturated heterocycles. The van der Waals surface area contributed by atoms with Crippen LogP contribution in [0.25, 0.3) is 0 Å². The first-order chi connectivity index (χ1) is 7.39. The molecule has 0 spiro atoms. The summed E-state index contributed by atoms with van der Waals surface area (Å²) in [4.78, 5) is 0. The molecular weight excluding hydrogens is 224 g/mol. The molecule has 1 aliphatic carbocycles. The van der Waals surface area contributed by atoms with E-state index in [1.807, 2.05) is 12.1 Å². The Morgan fingerprint density at radius 2 is 1.81 bits per heavy atom. The van der Waals surface area contributed by atoms with Crippen LogP contribution in [0.3, 0.4) is 0 Å². The molecule has 1 fully saturated rings. The molecule has 1 aromatic rings. The van der Waals surface area contributed by atoms with Crippen LogP contribution < -0.4 is 10.5 Å². The number of sulfonamides is 1. The van der Waals surface area contributed by atoms with E-state index in [-0.39, 0.29) is 5.54 Å². The predicted octanol–water partition coefficient (Wildman–Crippen LogP) is 1.40. The molecule has 0 amide bonds. The normalized spacial score (nSPS) is 18.9. The molecule has 1 aliphatic rings. The SMILES string of the molecule is CS(=O)(=O)Nc1ccc(C2(N)CCC2)cc1. The molecule has 1 aromatic carbocycles. The summed E-state index contributed by atoms with van der Waals surface area (Å²) in [6.07, 6.45) is 4.31. The topological polar surface area (TPSA) is 72.2 Å². The van der Waals surface area contributed by atoms with E-state index in [9.17, 15) is 8.42 Å². The first-order valence-electron chi connectivity index (χ1n) is 5.26. The third-order valence-electron chi connectivity index (χ3n) is 3.01. The number of hydrogen-bond acceptors (Lipinski definition) is 3. The molecule has 0 aliphatic heterocycles. The Morgan fingerprint density at radius 3 is 2.19 bits per heavy atom. The maximum absolute atomic E-state index is 11.0. The molecule has 2 rings (SSSR count). The molecule has 3 N–H and O–H groups in total. The Labute approximate surface area is 95.9 Å². The summed E-state index contributed by atoms with van der Waals surface area (Å²) in [7, 11) is -3.20. The third-order valence-corrected chi connectivity index (χ3v) is 3.62. The van der Waals surface area contributed by atoms with Crippen LogP contribution in [0, 0.1) is 0 Å². The molecule has 88 valence electrons. The van der Waals surface area contributed by atoms with Crippen molar-refractivity contribution in [2.75, 3.05) is 11.0 Å². The Bertz CT molecular complexity index is 475. The largest absolute Gasteiger partial charge is 0.321 e. The van der Waals surface area contributed by atoms with Crippen molar-refractivity contribution >= 4 is 15.7 Å². The monoisotopic (exact) mass is 240 g/mol. The summed E-state index contributed by atoms with van der Waals surface area (Å²) in [5, 5.41) is 0. The van der Waals surface area contributed by atoms with Gasteiger partial charge in [-0.05, 0) is 37.0 Å². The van der Waals surface area contributed by atoms with E-state index >= 15 is 0 Å². The summed E-state index contributed by atoms with van der Waals surface area (Å²) >= 11 is 0. The second kappa shape index (κ2) is 3.75. The molecular formula is C11H16N2O2S. The molecule has 5 heteroatoms. The molecule has 0 atom stereocenters. The number of benzene rings is 1. The minimum absolute atomic E-state index is 0.191. The minimum Gasteiger partial charge on any atom is -0.321 e. The van der Waals surface area contributed by atoms with Crippen molar-refractivity contribution in [2.45, 2.75) is 24.8 Å². The number of nitrogens with one attached hydrogen (secondary N) is 1. The van der Waals surface area contributed by atoms with Gasteiger partial charge in [0.15, 0.2) is 0 Å².